The van der Waals surface area contributed by atoms with Crippen LogP contribution in [0.5, 0.6) is 0 Å². The van der Waals surface area contributed by atoms with E-state index in [9.17, 15) is 14.4 Å². The first-order valence-electron chi connectivity index (χ1n) is 9.83. The zero-order valence-corrected chi connectivity index (χ0v) is 18.0. The van der Waals surface area contributed by atoms with Crippen molar-refractivity contribution < 1.29 is 19.5 Å². The fourth-order valence-electron chi connectivity index (χ4n) is 3.50. The van der Waals surface area contributed by atoms with Crippen LogP contribution in [-0.2, 0) is 9.59 Å². The molecule has 0 saturated carbocycles. The van der Waals surface area contributed by atoms with E-state index in [1.807, 2.05) is 44.1 Å². The molecule has 9 nitrogen and oxygen atoms in total. The minimum absolute atomic E-state index is 0.0965. The normalized spacial score (nSPS) is 16.8. The average Bonchev–Trinajstić information content (AvgIpc) is 3.08. The van der Waals surface area contributed by atoms with Gasteiger partial charge >= 0.3 is 5.97 Å². The van der Waals surface area contributed by atoms with Crippen molar-refractivity contribution in [2.24, 2.45) is 10.1 Å². The number of carboxylic acid groups (broad SMARTS) is 1. The quantitative estimate of drug-likeness (QED) is 0.772. The zero-order chi connectivity index (χ0) is 23.2. The maximum Gasteiger partial charge on any atom is 0.335 e. The molecule has 2 aliphatic rings. The number of hydrogen-bond donors (Lipinski definition) is 2. The molecule has 162 valence electrons. The molecule has 0 saturated heterocycles. The summed E-state index contributed by atoms with van der Waals surface area (Å²) in [6, 6.07) is 11.5. The predicted octanol–water partition coefficient (Wildman–Crippen LogP) is 2.64. The average molecular weight is 431 g/mol. The molecule has 0 aliphatic carbocycles. The molecule has 9 heteroatoms. The number of fused-ring (bicyclic) bond motifs is 1. The van der Waals surface area contributed by atoms with E-state index in [1.165, 1.54) is 24.3 Å². The Kier molecular flexibility index (Phi) is 5.09. The van der Waals surface area contributed by atoms with E-state index in [-0.39, 0.29) is 22.7 Å². The monoisotopic (exact) mass is 431 g/mol. The minimum Gasteiger partial charge on any atom is -0.478 e. The van der Waals surface area contributed by atoms with Crippen LogP contribution >= 0.6 is 0 Å². The smallest absolute Gasteiger partial charge is 0.335 e. The van der Waals surface area contributed by atoms with Gasteiger partial charge in [-0.05, 0) is 67.4 Å². The summed E-state index contributed by atoms with van der Waals surface area (Å²) in [5, 5.41) is 17.1. The lowest BCUT2D eigenvalue weighted by Crippen LogP contribution is -2.43. The standard InChI is InChI=1S/C23H21N5O4/c1-12-11-16(27(3)4)9-10-17(12)24-19-13(2)18-20(25-21(19)29)26-28(22(18)30)15-7-5-14(6-8-15)23(31)32/h5-11H,1-4H3,(H,31,32)(H,25,26,29)/b24-19-. The van der Waals surface area contributed by atoms with Crippen LogP contribution in [0.15, 0.2) is 63.7 Å². The third-order valence-electron chi connectivity index (χ3n) is 5.31. The molecular formula is C23H21N5O4. The Labute approximate surface area is 184 Å². The Morgan fingerprint density at radius 2 is 1.78 bits per heavy atom. The number of aromatic carboxylic acids is 1. The number of anilines is 2. The third-order valence-corrected chi connectivity index (χ3v) is 5.31. The number of benzene rings is 2. The van der Waals surface area contributed by atoms with Gasteiger partial charge in [0.2, 0.25) is 0 Å². The van der Waals surface area contributed by atoms with E-state index in [1.54, 1.807) is 6.92 Å². The molecule has 0 aromatic heterocycles. The van der Waals surface area contributed by atoms with Gasteiger partial charge in [-0.15, -0.1) is 5.10 Å². The van der Waals surface area contributed by atoms with Gasteiger partial charge < -0.3 is 15.3 Å². The van der Waals surface area contributed by atoms with Gasteiger partial charge in [0.15, 0.2) is 5.84 Å². The maximum atomic E-state index is 13.1. The first kappa shape index (κ1) is 21.0. The van der Waals surface area contributed by atoms with Crippen molar-refractivity contribution >= 4 is 46.4 Å². The molecule has 2 aromatic carbocycles. The van der Waals surface area contributed by atoms with E-state index in [0.717, 1.165) is 16.3 Å². The lowest BCUT2D eigenvalue weighted by Gasteiger charge is -2.18. The molecule has 0 atom stereocenters. The van der Waals surface area contributed by atoms with Gasteiger partial charge in [0.05, 0.1) is 22.5 Å². The van der Waals surface area contributed by atoms with Crippen molar-refractivity contribution in [3.63, 3.8) is 0 Å². The van der Waals surface area contributed by atoms with Crippen molar-refractivity contribution in [1.82, 2.24) is 5.32 Å². The highest BCUT2D eigenvalue weighted by molar-refractivity contribution is 6.55. The highest BCUT2D eigenvalue weighted by Crippen LogP contribution is 2.30. The van der Waals surface area contributed by atoms with Gasteiger partial charge in [-0.1, -0.05) is 0 Å². The molecule has 0 bridgehead atoms. The molecular weight excluding hydrogens is 410 g/mol. The zero-order valence-electron chi connectivity index (χ0n) is 18.0. The fourth-order valence-corrected chi connectivity index (χ4v) is 3.50. The number of amides is 2. The van der Waals surface area contributed by atoms with Crippen molar-refractivity contribution in [3.8, 4) is 0 Å². The molecule has 2 heterocycles. The van der Waals surface area contributed by atoms with Gasteiger partial charge in [-0.3, -0.25) is 9.59 Å². The molecule has 32 heavy (non-hydrogen) atoms. The number of hydrogen-bond acceptors (Lipinski definition) is 6. The number of carboxylic acids is 1. The molecule has 2 aromatic rings. The topological polar surface area (TPSA) is 115 Å². The SMILES string of the molecule is CC1=C2C(=O)N(c3ccc(C(=O)O)cc3)N=C2NC(=O)/C1=N\c1ccc(N(C)C)cc1C. The van der Waals surface area contributed by atoms with Gasteiger partial charge in [-0.25, -0.2) is 9.79 Å². The number of carbonyl (C=O) groups is 3. The van der Waals surface area contributed by atoms with Crippen LogP contribution in [0, 0.1) is 6.92 Å². The van der Waals surface area contributed by atoms with Crippen LogP contribution in [-0.4, -0.2) is 48.5 Å². The summed E-state index contributed by atoms with van der Waals surface area (Å²) in [7, 11) is 3.88. The molecule has 4 rings (SSSR count). The van der Waals surface area contributed by atoms with Crippen molar-refractivity contribution in [2.75, 3.05) is 24.0 Å². The molecule has 0 spiro atoms. The van der Waals surface area contributed by atoms with Crippen molar-refractivity contribution in [3.05, 3.63) is 64.7 Å². The minimum atomic E-state index is -1.06. The number of amidine groups is 1. The number of nitrogens with zero attached hydrogens (tertiary/aromatic N) is 4. The third kappa shape index (κ3) is 3.53. The summed E-state index contributed by atoms with van der Waals surface area (Å²) in [6.07, 6.45) is 0. The second-order valence-corrected chi connectivity index (χ2v) is 7.70. The number of rotatable bonds is 4. The van der Waals surface area contributed by atoms with Crippen LogP contribution < -0.4 is 15.2 Å². The molecule has 0 fully saturated rings. The highest BCUT2D eigenvalue weighted by Gasteiger charge is 2.39. The first-order chi connectivity index (χ1) is 15.2. The summed E-state index contributed by atoms with van der Waals surface area (Å²) in [6.45, 7) is 3.58. The Morgan fingerprint density at radius 1 is 1.09 bits per heavy atom. The summed E-state index contributed by atoms with van der Waals surface area (Å²) < 4.78 is 0. The van der Waals surface area contributed by atoms with Gasteiger partial charge in [0.25, 0.3) is 11.8 Å². The maximum absolute atomic E-state index is 13.1. The first-order valence-corrected chi connectivity index (χ1v) is 9.83. The van der Waals surface area contributed by atoms with Crippen LogP contribution in [0.25, 0.3) is 0 Å². The van der Waals surface area contributed by atoms with E-state index < -0.39 is 17.8 Å². The van der Waals surface area contributed by atoms with Crippen LogP contribution in [0.1, 0.15) is 22.8 Å². The molecule has 0 unspecified atom stereocenters. The second-order valence-electron chi connectivity index (χ2n) is 7.70. The number of carbonyl (C=O) groups excluding carboxylic acids is 2. The lowest BCUT2D eigenvalue weighted by molar-refractivity contribution is -0.114. The number of hydrazone groups is 1. The van der Waals surface area contributed by atoms with Gasteiger partial charge in [-0.2, -0.15) is 5.01 Å². The Bertz CT molecular complexity index is 1260. The predicted molar refractivity (Wildman–Crippen MR) is 122 cm³/mol. The lowest BCUT2D eigenvalue weighted by atomic mass is 9.98. The summed E-state index contributed by atoms with van der Waals surface area (Å²) in [5.41, 5.74) is 3.87. The van der Waals surface area contributed by atoms with Crippen LogP contribution in [0.2, 0.25) is 0 Å². The van der Waals surface area contributed by atoms with Crippen LogP contribution in [0.3, 0.4) is 0 Å². The van der Waals surface area contributed by atoms with E-state index in [2.05, 4.69) is 15.4 Å². The molecule has 2 amide bonds. The van der Waals surface area contributed by atoms with Crippen LogP contribution in [0.4, 0.5) is 17.1 Å². The number of aryl methyl sites for hydroxylation is 1. The van der Waals surface area contributed by atoms with E-state index in [4.69, 9.17) is 5.11 Å². The van der Waals surface area contributed by atoms with Crippen molar-refractivity contribution in [1.29, 1.82) is 0 Å². The second kappa shape index (κ2) is 7.77. The van der Waals surface area contributed by atoms with E-state index >= 15 is 0 Å². The Morgan fingerprint density at radius 3 is 2.38 bits per heavy atom. The fraction of sp³-hybridized carbons (Fsp3) is 0.174. The largest absolute Gasteiger partial charge is 0.478 e. The molecule has 2 N–H and O–H groups in total. The molecule has 2 aliphatic heterocycles. The number of nitrogens with one attached hydrogen (secondary N) is 1. The molecule has 0 radical (unpaired) electrons. The summed E-state index contributed by atoms with van der Waals surface area (Å²) >= 11 is 0. The summed E-state index contributed by atoms with van der Waals surface area (Å²) in [4.78, 5) is 43.4. The van der Waals surface area contributed by atoms with Gasteiger partial charge in [0, 0.05) is 19.8 Å². The highest BCUT2D eigenvalue weighted by atomic mass is 16.4. The van der Waals surface area contributed by atoms with E-state index in [0.29, 0.717) is 16.9 Å². The van der Waals surface area contributed by atoms with Crippen molar-refractivity contribution in [2.45, 2.75) is 13.8 Å². The Hall–Kier alpha value is -4.27. The Balaban J connectivity index is 1.71. The number of aliphatic imine (C=N–C) groups is 1. The summed E-state index contributed by atoms with van der Waals surface area (Å²) in [5.74, 6) is -1.78. The van der Waals surface area contributed by atoms with Gasteiger partial charge in [0.1, 0.15) is 5.71 Å².